The van der Waals surface area contributed by atoms with E-state index in [2.05, 4.69) is 43.5 Å². The highest BCUT2D eigenvalue weighted by molar-refractivity contribution is 5.77. The average molecular weight is 423 g/mol. The molecule has 4 rings (SSSR count). The molecule has 2 aliphatic carbocycles. The summed E-state index contributed by atoms with van der Waals surface area (Å²) >= 11 is 0. The lowest BCUT2D eigenvalue weighted by Gasteiger charge is -2.57. The van der Waals surface area contributed by atoms with E-state index in [1.165, 1.54) is 18.2 Å². The van der Waals surface area contributed by atoms with E-state index in [0.29, 0.717) is 11.8 Å². The largest absolute Gasteiger partial charge is 0.469 e. The van der Waals surface area contributed by atoms with E-state index in [4.69, 9.17) is 9.15 Å². The summed E-state index contributed by atoms with van der Waals surface area (Å²) in [6.07, 6.45) is 13.2. The van der Waals surface area contributed by atoms with Gasteiger partial charge in [-0.05, 0) is 68.8 Å². The van der Waals surface area contributed by atoms with Crippen LogP contribution in [0.5, 0.6) is 0 Å². The third-order valence-corrected chi connectivity index (χ3v) is 8.31. The van der Waals surface area contributed by atoms with Crippen molar-refractivity contribution in [2.75, 3.05) is 7.11 Å². The van der Waals surface area contributed by atoms with E-state index in [1.54, 1.807) is 0 Å². The molecule has 0 bridgehead atoms. The Morgan fingerprint density at radius 3 is 2.77 bits per heavy atom. The highest BCUT2D eigenvalue weighted by Crippen LogP contribution is 2.62. The zero-order valence-corrected chi connectivity index (χ0v) is 19.2. The first-order valence-corrected chi connectivity index (χ1v) is 11.6. The van der Waals surface area contributed by atoms with Gasteiger partial charge in [-0.15, -0.1) is 0 Å². The van der Waals surface area contributed by atoms with E-state index in [1.807, 2.05) is 24.5 Å². The van der Waals surface area contributed by atoms with Gasteiger partial charge in [0.05, 0.1) is 18.8 Å². The molecule has 4 nitrogen and oxygen atoms in total. The summed E-state index contributed by atoms with van der Waals surface area (Å²) in [6, 6.07) is 8.22. The molecule has 0 N–H and O–H groups in total. The maximum Gasteiger partial charge on any atom is 0.311 e. The molecule has 166 valence electrons. The number of carbonyl (C=O) groups is 1. The molecule has 0 amide bonds. The smallest absolute Gasteiger partial charge is 0.311 e. The van der Waals surface area contributed by atoms with Crippen LogP contribution in [0.25, 0.3) is 0 Å². The summed E-state index contributed by atoms with van der Waals surface area (Å²) in [5.41, 5.74) is 2.34. The number of aryl methyl sites for hydroxylation is 1. The van der Waals surface area contributed by atoms with Crippen LogP contribution in [0.2, 0.25) is 0 Å². The fourth-order valence-electron chi connectivity index (χ4n) is 6.69. The highest BCUT2D eigenvalue weighted by atomic mass is 16.5. The van der Waals surface area contributed by atoms with Crippen molar-refractivity contribution in [3.8, 4) is 0 Å². The topological polar surface area (TPSA) is 43.3 Å². The minimum Gasteiger partial charge on any atom is -0.469 e. The van der Waals surface area contributed by atoms with E-state index in [-0.39, 0.29) is 16.8 Å². The van der Waals surface area contributed by atoms with Crippen molar-refractivity contribution in [2.24, 2.45) is 22.7 Å². The van der Waals surface area contributed by atoms with Gasteiger partial charge in [-0.1, -0.05) is 31.6 Å². The monoisotopic (exact) mass is 422 g/mol. The first kappa shape index (κ1) is 21.9. The second-order valence-electron chi connectivity index (χ2n) is 10.0. The van der Waals surface area contributed by atoms with E-state index >= 15 is 0 Å². The van der Waals surface area contributed by atoms with Gasteiger partial charge in [-0.25, -0.2) is 0 Å². The fraction of sp³-hybridized carbons (Fsp3) is 0.556. The standard InChI is InChI=1S/C27H36NO3/c1-20-9-12-24-26(2,14-8-15-27(24,3)25(29)30-4)22(20)11-10-21-13-18-31-23(21)19-28-16-6-5-7-17-28/h5-7,13,16-18,22,24H,1,8-12,14-15,19H2,2-4H3/q+1/t22-,24+,26-,27-/m0/s1. The van der Waals surface area contributed by atoms with Gasteiger partial charge in [0.25, 0.3) is 0 Å². The number of esters is 1. The van der Waals surface area contributed by atoms with Gasteiger partial charge in [0.2, 0.25) is 6.54 Å². The number of pyridine rings is 1. The number of nitrogens with zero attached hydrogens (tertiary/aromatic N) is 1. The number of methoxy groups -OCH3 is 1. The molecule has 0 spiro atoms. The number of carbonyl (C=O) groups excluding carboxylic acids is 1. The van der Waals surface area contributed by atoms with Crippen molar-refractivity contribution in [3.05, 3.63) is 66.4 Å². The van der Waals surface area contributed by atoms with Crippen LogP contribution in [0.1, 0.15) is 63.7 Å². The minimum absolute atomic E-state index is 0.0355. The van der Waals surface area contributed by atoms with Gasteiger partial charge in [0.1, 0.15) is 0 Å². The van der Waals surface area contributed by atoms with Crippen LogP contribution in [0.4, 0.5) is 0 Å². The van der Waals surface area contributed by atoms with E-state index < -0.39 is 0 Å². The van der Waals surface area contributed by atoms with Crippen molar-refractivity contribution in [3.63, 3.8) is 0 Å². The number of fused-ring (bicyclic) bond motifs is 1. The number of rotatable bonds is 6. The first-order chi connectivity index (χ1) is 14.9. The van der Waals surface area contributed by atoms with Gasteiger partial charge in [0.15, 0.2) is 18.2 Å². The summed E-state index contributed by atoms with van der Waals surface area (Å²) in [4.78, 5) is 12.8. The summed E-state index contributed by atoms with van der Waals surface area (Å²) < 4.78 is 13.2. The van der Waals surface area contributed by atoms with E-state index in [9.17, 15) is 4.79 Å². The van der Waals surface area contributed by atoms with Gasteiger partial charge < -0.3 is 9.15 Å². The predicted molar refractivity (Wildman–Crippen MR) is 120 cm³/mol. The maximum absolute atomic E-state index is 12.8. The first-order valence-electron chi connectivity index (χ1n) is 11.6. The Morgan fingerprint density at radius 2 is 2.03 bits per heavy atom. The van der Waals surface area contributed by atoms with Crippen LogP contribution in [-0.2, 0) is 22.5 Å². The molecular weight excluding hydrogens is 386 g/mol. The third-order valence-electron chi connectivity index (χ3n) is 8.31. The Labute approximate surface area is 186 Å². The van der Waals surface area contributed by atoms with Crippen molar-refractivity contribution >= 4 is 5.97 Å². The fourth-order valence-corrected chi connectivity index (χ4v) is 6.69. The predicted octanol–water partition coefficient (Wildman–Crippen LogP) is 5.50. The Hall–Kier alpha value is -2.36. The van der Waals surface area contributed by atoms with Gasteiger partial charge in [0, 0.05) is 17.7 Å². The molecule has 2 aromatic heterocycles. The Kier molecular flexibility index (Phi) is 6.09. The van der Waals surface area contributed by atoms with Crippen LogP contribution < -0.4 is 4.57 Å². The molecule has 2 aromatic rings. The molecule has 0 aromatic carbocycles. The number of hydrogen-bond donors (Lipinski definition) is 0. The number of ether oxygens (including phenoxy) is 1. The molecular formula is C27H36NO3+. The number of aromatic nitrogens is 1. The van der Waals surface area contributed by atoms with Gasteiger partial charge in [-0.2, -0.15) is 4.57 Å². The van der Waals surface area contributed by atoms with Crippen LogP contribution in [0.15, 0.2) is 59.5 Å². The van der Waals surface area contributed by atoms with Gasteiger partial charge in [-0.3, -0.25) is 4.79 Å². The Morgan fingerprint density at radius 1 is 1.26 bits per heavy atom. The maximum atomic E-state index is 12.8. The van der Waals surface area contributed by atoms with E-state index in [0.717, 1.165) is 57.3 Å². The number of allylic oxidation sites excluding steroid dienone is 1. The van der Waals surface area contributed by atoms with Crippen molar-refractivity contribution in [2.45, 2.75) is 65.3 Å². The van der Waals surface area contributed by atoms with Crippen LogP contribution in [0, 0.1) is 22.7 Å². The lowest BCUT2D eigenvalue weighted by atomic mass is 9.46. The summed E-state index contributed by atoms with van der Waals surface area (Å²) in [6.45, 7) is 9.78. The molecule has 2 fully saturated rings. The highest BCUT2D eigenvalue weighted by Gasteiger charge is 2.57. The second-order valence-corrected chi connectivity index (χ2v) is 10.0. The number of hydrogen-bond acceptors (Lipinski definition) is 3. The second kappa shape index (κ2) is 8.64. The summed E-state index contributed by atoms with van der Waals surface area (Å²) in [7, 11) is 1.53. The van der Waals surface area contributed by atoms with Crippen LogP contribution in [0.3, 0.4) is 0 Å². The van der Waals surface area contributed by atoms with Gasteiger partial charge >= 0.3 is 5.97 Å². The lowest BCUT2D eigenvalue weighted by Crippen LogP contribution is -2.53. The normalized spacial score (nSPS) is 30.6. The zero-order valence-electron chi connectivity index (χ0n) is 19.2. The quantitative estimate of drug-likeness (QED) is 0.351. The van der Waals surface area contributed by atoms with Crippen molar-refractivity contribution in [1.29, 1.82) is 0 Å². The molecule has 0 saturated heterocycles. The minimum atomic E-state index is -0.383. The molecule has 4 atom stereocenters. The zero-order chi connectivity index (χ0) is 22.1. The molecule has 0 radical (unpaired) electrons. The summed E-state index contributed by atoms with van der Waals surface area (Å²) in [5, 5.41) is 0. The molecule has 0 unspecified atom stereocenters. The van der Waals surface area contributed by atoms with Crippen LogP contribution >= 0.6 is 0 Å². The Bertz CT molecular complexity index is 933. The molecule has 31 heavy (non-hydrogen) atoms. The number of furan rings is 1. The Balaban J connectivity index is 1.53. The molecule has 2 heterocycles. The molecule has 0 aliphatic heterocycles. The van der Waals surface area contributed by atoms with Crippen molar-refractivity contribution in [1.82, 2.24) is 0 Å². The molecule has 2 saturated carbocycles. The molecule has 2 aliphatic rings. The summed E-state index contributed by atoms with van der Waals surface area (Å²) in [5.74, 6) is 1.76. The van der Waals surface area contributed by atoms with Crippen molar-refractivity contribution < 1.29 is 18.5 Å². The SMILES string of the molecule is C=C1CC[C@@H]2[C@@](C)(CCC[C@]2(C)C(=O)OC)[C@H]1CCc1ccoc1C[n+]1ccccc1. The van der Waals surface area contributed by atoms with Crippen LogP contribution in [-0.4, -0.2) is 13.1 Å². The lowest BCUT2D eigenvalue weighted by molar-refractivity contribution is -0.690. The average Bonchev–Trinajstić information content (AvgIpc) is 3.20. The molecule has 4 heteroatoms. The third kappa shape index (κ3) is 3.97.